The summed E-state index contributed by atoms with van der Waals surface area (Å²) in [5.41, 5.74) is 1.42. The minimum absolute atomic E-state index is 0.193. The van der Waals surface area contributed by atoms with Gasteiger partial charge in [-0.1, -0.05) is 37.6 Å². The molecule has 3 N–H and O–H groups in total. The lowest BCUT2D eigenvalue weighted by Crippen LogP contribution is -2.40. The smallest absolute Gasteiger partial charge is 0.226 e. The molecule has 1 saturated carbocycles. The predicted octanol–water partition coefficient (Wildman–Crippen LogP) is 5.45. The average molecular weight is 490 g/mol. The van der Waals surface area contributed by atoms with Crippen molar-refractivity contribution in [1.82, 2.24) is 15.0 Å². The van der Waals surface area contributed by atoms with Gasteiger partial charge >= 0.3 is 0 Å². The number of aliphatic hydroxyl groups excluding tert-OH is 1. The van der Waals surface area contributed by atoms with E-state index in [-0.39, 0.29) is 24.0 Å². The molecule has 3 atom stereocenters. The van der Waals surface area contributed by atoms with E-state index in [1.807, 2.05) is 18.2 Å². The Kier molecular flexibility index (Phi) is 7.69. The molecule has 1 aromatic carbocycles. The molecular formula is C24H32ClN5O2S. The zero-order chi connectivity index (χ0) is 23.4. The van der Waals surface area contributed by atoms with E-state index >= 15 is 0 Å². The van der Waals surface area contributed by atoms with Gasteiger partial charge in [0.25, 0.3) is 0 Å². The second-order valence-electron chi connectivity index (χ2n) is 8.90. The third kappa shape index (κ3) is 5.24. The van der Waals surface area contributed by atoms with Gasteiger partial charge in [0.2, 0.25) is 5.95 Å². The monoisotopic (exact) mass is 489 g/mol. The van der Waals surface area contributed by atoms with Crippen molar-refractivity contribution in [3.05, 3.63) is 29.4 Å². The summed E-state index contributed by atoms with van der Waals surface area (Å²) < 4.78 is 6.64. The number of fused-ring (bicyclic) bond motifs is 1. The van der Waals surface area contributed by atoms with E-state index in [9.17, 15) is 5.11 Å². The van der Waals surface area contributed by atoms with E-state index in [0.717, 1.165) is 41.1 Å². The van der Waals surface area contributed by atoms with Gasteiger partial charge in [-0.25, -0.2) is 9.97 Å². The van der Waals surface area contributed by atoms with Gasteiger partial charge in [-0.2, -0.15) is 4.98 Å². The Morgan fingerprint density at radius 1 is 1.24 bits per heavy atom. The van der Waals surface area contributed by atoms with Gasteiger partial charge in [-0.15, -0.1) is 11.3 Å². The van der Waals surface area contributed by atoms with E-state index < -0.39 is 0 Å². The number of para-hydroxylation sites is 1. The Morgan fingerprint density at radius 2 is 2.06 bits per heavy atom. The molecule has 1 aliphatic rings. The first-order valence-electron chi connectivity index (χ1n) is 11.6. The lowest BCUT2D eigenvalue weighted by molar-refractivity contribution is 0.144. The third-order valence-electron chi connectivity index (χ3n) is 6.64. The molecule has 1 fully saturated rings. The molecule has 0 aliphatic heterocycles. The summed E-state index contributed by atoms with van der Waals surface area (Å²) >= 11 is 8.32. The number of halogens is 1. The second kappa shape index (κ2) is 10.5. The number of ether oxygens (including phenoxy) is 1. The fourth-order valence-corrected chi connectivity index (χ4v) is 5.76. The highest BCUT2D eigenvalue weighted by Crippen LogP contribution is 2.45. The molecule has 3 unspecified atom stereocenters. The summed E-state index contributed by atoms with van der Waals surface area (Å²) in [7, 11) is 0. The van der Waals surface area contributed by atoms with Crippen LogP contribution in [0.5, 0.6) is 0 Å². The standard InChI is InChI=1S/C24H32ClN5O2S/c1-4-12-32-13-11-26-23-28-20(25)19(22-27-17-7-5-6-8-18(17)33-22)21(29-23)30-24(3)10-9-16(14-31)15(24)2/h5-8,15-16,31H,4,9-14H2,1-3H3,(H2,26,28,29,30). The molecule has 2 heterocycles. The Balaban J connectivity index is 1.68. The second-order valence-corrected chi connectivity index (χ2v) is 10.3. The van der Waals surface area contributed by atoms with Gasteiger partial charge in [0, 0.05) is 25.3 Å². The Bertz CT molecular complexity index is 1060. The van der Waals surface area contributed by atoms with Crippen LogP contribution in [-0.4, -0.2) is 52.0 Å². The van der Waals surface area contributed by atoms with Crippen LogP contribution in [0.1, 0.15) is 40.0 Å². The van der Waals surface area contributed by atoms with Crippen LogP contribution in [0.3, 0.4) is 0 Å². The van der Waals surface area contributed by atoms with Crippen molar-refractivity contribution in [3.63, 3.8) is 0 Å². The number of benzene rings is 1. The number of anilines is 2. The highest BCUT2D eigenvalue weighted by molar-refractivity contribution is 7.21. The fraction of sp³-hybridized carbons (Fsp3) is 0.542. The summed E-state index contributed by atoms with van der Waals surface area (Å²) in [4.78, 5) is 14.2. The van der Waals surface area contributed by atoms with E-state index in [4.69, 9.17) is 26.3 Å². The number of thiazole rings is 1. The summed E-state index contributed by atoms with van der Waals surface area (Å²) in [6, 6.07) is 8.03. The van der Waals surface area contributed by atoms with E-state index in [1.54, 1.807) is 11.3 Å². The van der Waals surface area contributed by atoms with Crippen LogP contribution in [-0.2, 0) is 4.74 Å². The quantitative estimate of drug-likeness (QED) is 0.257. The number of aromatic nitrogens is 3. The van der Waals surface area contributed by atoms with Crippen LogP contribution in [0.15, 0.2) is 24.3 Å². The zero-order valence-corrected chi connectivity index (χ0v) is 21.0. The lowest BCUT2D eigenvalue weighted by Gasteiger charge is -2.33. The maximum atomic E-state index is 9.79. The van der Waals surface area contributed by atoms with Gasteiger partial charge < -0.3 is 20.5 Å². The number of nitrogens with one attached hydrogen (secondary N) is 2. The highest BCUT2D eigenvalue weighted by atomic mass is 35.5. The predicted molar refractivity (Wildman–Crippen MR) is 136 cm³/mol. The minimum atomic E-state index is -0.224. The van der Waals surface area contributed by atoms with Crippen molar-refractivity contribution in [2.45, 2.75) is 45.6 Å². The molecule has 0 radical (unpaired) electrons. The number of rotatable bonds is 10. The Hall–Kier alpha value is -2.00. The van der Waals surface area contributed by atoms with Crippen molar-refractivity contribution >= 4 is 44.9 Å². The van der Waals surface area contributed by atoms with Gasteiger partial charge in [0.05, 0.1) is 22.4 Å². The Labute approximate surface area is 204 Å². The van der Waals surface area contributed by atoms with Crippen LogP contribution < -0.4 is 10.6 Å². The molecule has 0 saturated heterocycles. The van der Waals surface area contributed by atoms with Crippen molar-refractivity contribution in [1.29, 1.82) is 0 Å². The molecule has 1 aliphatic carbocycles. The van der Waals surface area contributed by atoms with Gasteiger partial charge in [-0.3, -0.25) is 0 Å². The normalized spacial score (nSPS) is 22.7. The maximum Gasteiger partial charge on any atom is 0.226 e. The first kappa shape index (κ1) is 24.1. The first-order chi connectivity index (χ1) is 15.9. The molecule has 178 valence electrons. The molecule has 0 bridgehead atoms. The van der Waals surface area contributed by atoms with Crippen LogP contribution in [0.2, 0.25) is 5.15 Å². The Morgan fingerprint density at radius 3 is 2.79 bits per heavy atom. The SMILES string of the molecule is CCCOCCNc1nc(Cl)c(-c2nc3ccccc3s2)c(NC2(C)CCC(CO)C2C)n1. The summed E-state index contributed by atoms with van der Waals surface area (Å²) in [6.07, 6.45) is 2.89. The summed E-state index contributed by atoms with van der Waals surface area (Å²) in [5, 5.41) is 17.8. The molecule has 0 spiro atoms. The van der Waals surface area contributed by atoms with E-state index in [1.165, 1.54) is 0 Å². The molecule has 4 rings (SSSR count). The van der Waals surface area contributed by atoms with Crippen LogP contribution in [0.4, 0.5) is 11.8 Å². The molecule has 7 nitrogen and oxygen atoms in total. The van der Waals surface area contributed by atoms with Crippen LogP contribution >= 0.6 is 22.9 Å². The first-order valence-corrected chi connectivity index (χ1v) is 12.8. The van der Waals surface area contributed by atoms with Crippen molar-refractivity contribution in [3.8, 4) is 10.6 Å². The van der Waals surface area contributed by atoms with Gasteiger partial charge in [0.15, 0.2) is 0 Å². The van der Waals surface area contributed by atoms with Crippen LogP contribution in [0.25, 0.3) is 20.8 Å². The topological polar surface area (TPSA) is 92.2 Å². The number of nitrogens with zero attached hydrogens (tertiary/aromatic N) is 3. The third-order valence-corrected chi connectivity index (χ3v) is 7.96. The molecule has 0 amide bonds. The number of aliphatic hydroxyl groups is 1. The van der Waals surface area contributed by atoms with Crippen molar-refractivity contribution < 1.29 is 9.84 Å². The minimum Gasteiger partial charge on any atom is -0.396 e. The van der Waals surface area contributed by atoms with Crippen molar-refractivity contribution in [2.75, 3.05) is 37.0 Å². The summed E-state index contributed by atoms with van der Waals surface area (Å²) in [6.45, 7) is 8.55. The van der Waals surface area contributed by atoms with E-state index in [0.29, 0.717) is 35.6 Å². The number of hydrogen-bond acceptors (Lipinski definition) is 8. The molecular weight excluding hydrogens is 458 g/mol. The highest BCUT2D eigenvalue weighted by Gasteiger charge is 2.43. The van der Waals surface area contributed by atoms with E-state index in [2.05, 4.69) is 42.5 Å². The maximum absolute atomic E-state index is 9.79. The largest absolute Gasteiger partial charge is 0.396 e. The van der Waals surface area contributed by atoms with Gasteiger partial charge in [-0.05, 0) is 50.2 Å². The fourth-order valence-electron chi connectivity index (χ4n) is 4.43. The summed E-state index contributed by atoms with van der Waals surface area (Å²) in [5.74, 6) is 1.66. The van der Waals surface area contributed by atoms with Gasteiger partial charge in [0.1, 0.15) is 16.0 Å². The van der Waals surface area contributed by atoms with Crippen LogP contribution in [0, 0.1) is 11.8 Å². The molecule has 2 aromatic heterocycles. The zero-order valence-electron chi connectivity index (χ0n) is 19.4. The number of hydrogen-bond donors (Lipinski definition) is 3. The average Bonchev–Trinajstić information content (AvgIpc) is 3.34. The molecule has 33 heavy (non-hydrogen) atoms. The molecule has 9 heteroatoms. The lowest BCUT2D eigenvalue weighted by atomic mass is 9.86. The molecule has 3 aromatic rings. The van der Waals surface area contributed by atoms with Crippen molar-refractivity contribution in [2.24, 2.45) is 11.8 Å².